The van der Waals surface area contributed by atoms with Gasteiger partial charge in [0.1, 0.15) is 11.8 Å². The van der Waals surface area contributed by atoms with E-state index in [2.05, 4.69) is 31.2 Å². The van der Waals surface area contributed by atoms with Gasteiger partial charge in [-0.3, -0.25) is 0 Å². The zero-order valence-corrected chi connectivity index (χ0v) is 17.1. The smallest absolute Gasteiger partial charge is 0.191 e. The summed E-state index contributed by atoms with van der Waals surface area (Å²) in [6, 6.07) is 14.2. The highest BCUT2D eigenvalue weighted by Crippen LogP contribution is 2.58. The van der Waals surface area contributed by atoms with Crippen molar-refractivity contribution in [3.05, 3.63) is 52.7 Å². The number of fused-ring (bicyclic) bond motifs is 1. The molecule has 5 nitrogen and oxygen atoms in total. The average Bonchev–Trinajstić information content (AvgIpc) is 2.73. The summed E-state index contributed by atoms with van der Waals surface area (Å²) in [5.74, 6) is 0.476. The van der Waals surface area contributed by atoms with Crippen molar-refractivity contribution in [3.63, 3.8) is 0 Å². The molecule has 0 spiro atoms. The molecule has 0 unspecified atom stereocenters. The lowest BCUT2D eigenvalue weighted by molar-refractivity contribution is 0.225. The lowest BCUT2D eigenvalue weighted by Gasteiger charge is -2.45. The molecule has 1 aromatic rings. The van der Waals surface area contributed by atoms with Gasteiger partial charge in [0.05, 0.1) is 29.5 Å². The molecule has 0 bridgehead atoms. The highest BCUT2D eigenvalue weighted by Gasteiger charge is 2.55. The number of allylic oxidation sites excluding steroid dienone is 4. The topological polar surface area (TPSA) is 107 Å². The van der Waals surface area contributed by atoms with E-state index in [4.69, 9.17) is 10.5 Å². The van der Waals surface area contributed by atoms with E-state index < -0.39 is 11.3 Å². The molecule has 2 aliphatic rings. The third-order valence-corrected chi connectivity index (χ3v) is 6.17. The van der Waals surface area contributed by atoms with Gasteiger partial charge in [-0.25, -0.2) is 0 Å². The molecule has 1 aromatic carbocycles. The minimum atomic E-state index is -1.61. The van der Waals surface area contributed by atoms with Crippen molar-refractivity contribution in [2.45, 2.75) is 52.1 Å². The first-order valence-corrected chi connectivity index (χ1v) is 10.1. The van der Waals surface area contributed by atoms with Crippen molar-refractivity contribution in [1.29, 1.82) is 15.8 Å². The summed E-state index contributed by atoms with van der Waals surface area (Å²) < 4.78 is 6.04. The molecular weight excluding hydrogens is 360 g/mol. The van der Waals surface area contributed by atoms with Crippen molar-refractivity contribution in [3.8, 4) is 24.0 Å². The second-order valence-corrected chi connectivity index (χ2v) is 8.13. The van der Waals surface area contributed by atoms with Crippen LogP contribution in [0.25, 0.3) is 0 Å². The van der Waals surface area contributed by atoms with Crippen LogP contribution in [-0.2, 0) is 0 Å². The van der Waals surface area contributed by atoms with E-state index in [9.17, 15) is 15.8 Å². The number of ether oxygens (including phenoxy) is 1. The van der Waals surface area contributed by atoms with Crippen molar-refractivity contribution < 1.29 is 4.74 Å². The van der Waals surface area contributed by atoms with Gasteiger partial charge in [-0.1, -0.05) is 37.6 Å². The SMILES string of the molecule is CC[C@@H]1CC=C2C(C#N)=C(N)C(C#N)(C#N)[C@H](c3ccccc3OC(C)C)[C@@H]2C1. The molecule has 3 atom stereocenters. The monoisotopic (exact) mass is 386 g/mol. The number of para-hydroxylation sites is 1. The molecule has 0 saturated carbocycles. The number of benzene rings is 1. The van der Waals surface area contributed by atoms with Gasteiger partial charge in [-0.15, -0.1) is 0 Å². The second-order valence-electron chi connectivity index (χ2n) is 8.13. The summed E-state index contributed by atoms with van der Waals surface area (Å²) in [7, 11) is 0. The molecule has 3 rings (SSSR count). The first-order valence-electron chi connectivity index (χ1n) is 10.1. The van der Waals surface area contributed by atoms with Crippen molar-refractivity contribution >= 4 is 0 Å². The summed E-state index contributed by atoms with van der Waals surface area (Å²) in [4.78, 5) is 0. The van der Waals surface area contributed by atoms with Crippen LogP contribution >= 0.6 is 0 Å². The van der Waals surface area contributed by atoms with Gasteiger partial charge >= 0.3 is 0 Å². The van der Waals surface area contributed by atoms with Crippen LogP contribution in [0.15, 0.2) is 47.2 Å². The first kappa shape index (κ1) is 20.5. The Hall–Kier alpha value is -3.23. The fourth-order valence-electron chi connectivity index (χ4n) is 4.74. The molecule has 0 aliphatic heterocycles. The maximum absolute atomic E-state index is 10.2. The molecule has 0 saturated heterocycles. The Kier molecular flexibility index (Phi) is 5.67. The van der Waals surface area contributed by atoms with E-state index in [1.807, 2.05) is 38.1 Å². The third-order valence-electron chi connectivity index (χ3n) is 6.17. The molecule has 0 aromatic heterocycles. The van der Waals surface area contributed by atoms with Gasteiger partial charge in [-0.05, 0) is 50.2 Å². The molecule has 0 amide bonds. The quantitative estimate of drug-likeness (QED) is 0.807. The first-order chi connectivity index (χ1) is 13.9. The van der Waals surface area contributed by atoms with E-state index in [1.54, 1.807) is 0 Å². The van der Waals surface area contributed by atoms with Crippen molar-refractivity contribution in [2.24, 2.45) is 23.0 Å². The Morgan fingerprint density at radius 2 is 1.90 bits per heavy atom. The van der Waals surface area contributed by atoms with E-state index in [1.165, 1.54) is 0 Å². The molecule has 29 heavy (non-hydrogen) atoms. The minimum absolute atomic E-state index is 0.0503. The van der Waals surface area contributed by atoms with Gasteiger partial charge < -0.3 is 10.5 Å². The number of nitrogens with zero attached hydrogens (tertiary/aromatic N) is 3. The maximum atomic E-state index is 10.2. The number of nitriles is 3. The van der Waals surface area contributed by atoms with Crippen LogP contribution in [0.5, 0.6) is 5.75 Å². The van der Waals surface area contributed by atoms with Crippen LogP contribution in [0, 0.1) is 51.2 Å². The summed E-state index contributed by atoms with van der Waals surface area (Å²) in [5.41, 5.74) is 6.80. The highest BCUT2D eigenvalue weighted by molar-refractivity contribution is 5.60. The lowest BCUT2D eigenvalue weighted by Crippen LogP contribution is -2.43. The van der Waals surface area contributed by atoms with Crippen LogP contribution in [0.1, 0.15) is 51.5 Å². The largest absolute Gasteiger partial charge is 0.491 e. The Bertz CT molecular complexity index is 969. The molecular formula is C24H26N4O. The van der Waals surface area contributed by atoms with E-state index >= 15 is 0 Å². The number of nitrogens with two attached hydrogens (primary N) is 1. The summed E-state index contributed by atoms with van der Waals surface area (Å²) in [5, 5.41) is 30.2. The predicted octanol–water partition coefficient (Wildman–Crippen LogP) is 4.70. The van der Waals surface area contributed by atoms with Gasteiger partial charge in [0.25, 0.3) is 0 Å². The number of hydrogen-bond acceptors (Lipinski definition) is 5. The Morgan fingerprint density at radius 1 is 1.21 bits per heavy atom. The van der Waals surface area contributed by atoms with Gasteiger partial charge in [0.15, 0.2) is 5.41 Å². The third kappa shape index (κ3) is 3.26. The standard InChI is InChI=1S/C24H26N4O/c1-4-16-9-10-17-19(11-16)22(18-7-5-6-8-21(18)29-15(2)3)24(13-26,14-27)23(28)20(17)12-25/h5-8,10,15-16,19,22H,4,9,11,28H2,1-3H3/t16-,19-,22-/m1/s1. The van der Waals surface area contributed by atoms with Crippen LogP contribution in [0.3, 0.4) is 0 Å². The second kappa shape index (κ2) is 8.02. The zero-order chi connectivity index (χ0) is 21.2. The molecule has 148 valence electrons. The molecule has 2 aliphatic carbocycles. The van der Waals surface area contributed by atoms with Crippen LogP contribution < -0.4 is 10.5 Å². The van der Waals surface area contributed by atoms with Gasteiger partial charge in [0, 0.05) is 11.5 Å². The summed E-state index contributed by atoms with van der Waals surface area (Å²) >= 11 is 0. The molecule has 2 N–H and O–H groups in total. The maximum Gasteiger partial charge on any atom is 0.191 e. The van der Waals surface area contributed by atoms with E-state index in [-0.39, 0.29) is 17.7 Å². The summed E-state index contributed by atoms with van der Waals surface area (Å²) in [6.07, 6.45) is 4.73. The molecule has 0 heterocycles. The minimum Gasteiger partial charge on any atom is -0.491 e. The highest BCUT2D eigenvalue weighted by atomic mass is 16.5. The Morgan fingerprint density at radius 3 is 2.48 bits per heavy atom. The fraction of sp³-hybridized carbons (Fsp3) is 0.458. The van der Waals surface area contributed by atoms with E-state index in [0.717, 1.165) is 30.4 Å². The van der Waals surface area contributed by atoms with Gasteiger partial charge in [0.2, 0.25) is 0 Å². The Labute approximate surface area is 172 Å². The predicted molar refractivity (Wildman–Crippen MR) is 110 cm³/mol. The van der Waals surface area contributed by atoms with Crippen LogP contribution in [-0.4, -0.2) is 6.10 Å². The fourth-order valence-corrected chi connectivity index (χ4v) is 4.74. The molecule has 5 heteroatoms. The van der Waals surface area contributed by atoms with Crippen molar-refractivity contribution in [1.82, 2.24) is 0 Å². The Balaban J connectivity index is 2.32. The molecule has 0 fully saturated rings. The summed E-state index contributed by atoms with van der Waals surface area (Å²) in [6.45, 7) is 6.04. The lowest BCUT2D eigenvalue weighted by atomic mass is 9.55. The normalized spacial score (nSPS) is 25.3. The average molecular weight is 386 g/mol. The van der Waals surface area contributed by atoms with Crippen molar-refractivity contribution in [2.75, 3.05) is 0 Å². The van der Waals surface area contributed by atoms with Crippen LogP contribution in [0.2, 0.25) is 0 Å². The van der Waals surface area contributed by atoms with Crippen LogP contribution in [0.4, 0.5) is 0 Å². The number of rotatable bonds is 4. The van der Waals surface area contributed by atoms with Gasteiger partial charge in [-0.2, -0.15) is 15.8 Å². The van der Waals surface area contributed by atoms with E-state index in [0.29, 0.717) is 17.2 Å². The zero-order valence-electron chi connectivity index (χ0n) is 17.1. The number of hydrogen-bond donors (Lipinski definition) is 1. The molecule has 0 radical (unpaired) electrons.